The molecule has 2 heterocycles. The molecule has 5 heteroatoms. The van der Waals surface area contributed by atoms with Crippen LogP contribution in [0.5, 0.6) is 0 Å². The highest BCUT2D eigenvalue weighted by Gasteiger charge is 2.33. The second-order valence-electron chi connectivity index (χ2n) is 5.33. The first-order chi connectivity index (χ1) is 8.77. The number of hydrogen-bond acceptors (Lipinski definition) is 3. The number of carbonyl (C=O) groups is 1. The van der Waals surface area contributed by atoms with Crippen molar-refractivity contribution < 1.29 is 15.0 Å². The third-order valence-corrected chi connectivity index (χ3v) is 4.17. The molecule has 2 aliphatic rings. The molecule has 0 aromatic carbocycles. The van der Waals surface area contributed by atoms with Crippen molar-refractivity contribution in [3.8, 4) is 0 Å². The van der Waals surface area contributed by atoms with Crippen molar-refractivity contribution >= 4 is 6.03 Å². The summed E-state index contributed by atoms with van der Waals surface area (Å²) in [5, 5.41) is 18.7. The number of nitrogens with zero attached hydrogens (tertiary/aromatic N) is 2. The van der Waals surface area contributed by atoms with Gasteiger partial charge in [0.25, 0.3) is 0 Å². The van der Waals surface area contributed by atoms with Gasteiger partial charge in [0.05, 0.1) is 25.3 Å². The quantitative estimate of drug-likeness (QED) is 0.768. The maximum Gasteiger partial charge on any atom is 0.320 e. The maximum absolute atomic E-state index is 12.5. The minimum absolute atomic E-state index is 0.00694. The van der Waals surface area contributed by atoms with Crippen LogP contribution >= 0.6 is 0 Å². The van der Waals surface area contributed by atoms with Crippen molar-refractivity contribution in [3.63, 3.8) is 0 Å². The number of rotatable bonds is 2. The fourth-order valence-corrected chi connectivity index (χ4v) is 3.05. The van der Waals surface area contributed by atoms with Gasteiger partial charge in [0.1, 0.15) is 0 Å². The number of hydrogen-bond donors (Lipinski definition) is 2. The second-order valence-corrected chi connectivity index (χ2v) is 5.33. The predicted octanol–water partition coefficient (Wildman–Crippen LogP) is 0.800. The average Bonchev–Trinajstić information content (AvgIpc) is 2.46. The van der Waals surface area contributed by atoms with Gasteiger partial charge in [-0.25, -0.2) is 4.79 Å². The molecule has 5 nitrogen and oxygen atoms in total. The molecule has 104 valence electrons. The van der Waals surface area contributed by atoms with Crippen LogP contribution in [0.25, 0.3) is 0 Å². The van der Waals surface area contributed by atoms with E-state index in [0.29, 0.717) is 0 Å². The van der Waals surface area contributed by atoms with E-state index in [1.807, 2.05) is 0 Å². The van der Waals surface area contributed by atoms with Crippen LogP contribution < -0.4 is 0 Å². The first-order valence-corrected chi connectivity index (χ1v) is 7.07. The van der Waals surface area contributed by atoms with Gasteiger partial charge in [-0.05, 0) is 38.5 Å². The van der Waals surface area contributed by atoms with E-state index in [-0.39, 0.29) is 31.3 Å². The van der Waals surface area contributed by atoms with E-state index in [0.717, 1.165) is 51.6 Å². The lowest BCUT2D eigenvalue weighted by Crippen LogP contribution is -2.56. The van der Waals surface area contributed by atoms with Crippen molar-refractivity contribution in [3.05, 3.63) is 0 Å². The predicted molar refractivity (Wildman–Crippen MR) is 68.3 cm³/mol. The molecule has 2 unspecified atom stereocenters. The third-order valence-electron chi connectivity index (χ3n) is 4.17. The maximum atomic E-state index is 12.5. The van der Waals surface area contributed by atoms with E-state index in [1.165, 1.54) is 0 Å². The van der Waals surface area contributed by atoms with E-state index in [4.69, 9.17) is 0 Å². The fourth-order valence-electron chi connectivity index (χ4n) is 3.05. The highest BCUT2D eigenvalue weighted by Crippen LogP contribution is 2.23. The Hall–Kier alpha value is -0.810. The molecule has 0 saturated carbocycles. The lowest BCUT2D eigenvalue weighted by molar-refractivity contribution is 0.0532. The van der Waals surface area contributed by atoms with Gasteiger partial charge in [-0.1, -0.05) is 0 Å². The molecule has 2 fully saturated rings. The zero-order valence-corrected chi connectivity index (χ0v) is 10.9. The van der Waals surface area contributed by atoms with Gasteiger partial charge in [-0.2, -0.15) is 0 Å². The minimum Gasteiger partial charge on any atom is -0.394 e. The van der Waals surface area contributed by atoms with Crippen LogP contribution in [0.3, 0.4) is 0 Å². The number of urea groups is 1. The Morgan fingerprint density at radius 2 is 1.33 bits per heavy atom. The smallest absolute Gasteiger partial charge is 0.320 e. The SMILES string of the molecule is O=C(N1CCCCC1CO)N1CCCCC1CO. The zero-order valence-electron chi connectivity index (χ0n) is 10.9. The number of likely N-dealkylation sites (tertiary alicyclic amines) is 2. The van der Waals surface area contributed by atoms with E-state index in [1.54, 1.807) is 9.80 Å². The summed E-state index contributed by atoms with van der Waals surface area (Å²) >= 11 is 0. The Morgan fingerprint density at radius 1 is 0.889 bits per heavy atom. The normalized spacial score (nSPS) is 29.4. The van der Waals surface area contributed by atoms with Crippen molar-refractivity contribution in [2.24, 2.45) is 0 Å². The molecule has 2 atom stereocenters. The summed E-state index contributed by atoms with van der Waals surface area (Å²) in [6.07, 6.45) is 5.97. The molecule has 18 heavy (non-hydrogen) atoms. The van der Waals surface area contributed by atoms with Crippen LogP contribution in [0.1, 0.15) is 38.5 Å². The average molecular weight is 256 g/mol. The molecule has 0 aromatic rings. The molecule has 0 spiro atoms. The van der Waals surface area contributed by atoms with Crippen molar-refractivity contribution in [2.45, 2.75) is 50.6 Å². The molecular weight excluding hydrogens is 232 g/mol. The lowest BCUT2D eigenvalue weighted by Gasteiger charge is -2.42. The van der Waals surface area contributed by atoms with Crippen LogP contribution in [0.2, 0.25) is 0 Å². The topological polar surface area (TPSA) is 64.0 Å². The van der Waals surface area contributed by atoms with Gasteiger partial charge < -0.3 is 20.0 Å². The summed E-state index contributed by atoms with van der Waals surface area (Å²) in [7, 11) is 0. The summed E-state index contributed by atoms with van der Waals surface area (Å²) in [5.74, 6) is 0. The number of piperidine rings is 2. The second kappa shape index (κ2) is 6.38. The summed E-state index contributed by atoms with van der Waals surface area (Å²) < 4.78 is 0. The largest absolute Gasteiger partial charge is 0.394 e. The van der Waals surface area contributed by atoms with Crippen molar-refractivity contribution in [2.75, 3.05) is 26.3 Å². The Morgan fingerprint density at radius 3 is 1.72 bits per heavy atom. The minimum atomic E-state index is -0.0347. The Balaban J connectivity index is 2.03. The van der Waals surface area contributed by atoms with Crippen LogP contribution in [0.15, 0.2) is 0 Å². The van der Waals surface area contributed by atoms with E-state index < -0.39 is 0 Å². The summed E-state index contributed by atoms with van der Waals surface area (Å²) in [6, 6.07) is -0.0625. The highest BCUT2D eigenvalue weighted by atomic mass is 16.3. The fraction of sp³-hybridized carbons (Fsp3) is 0.923. The van der Waals surface area contributed by atoms with Crippen LogP contribution in [-0.4, -0.2) is 64.4 Å². The summed E-state index contributed by atoms with van der Waals surface area (Å²) in [6.45, 7) is 1.56. The van der Waals surface area contributed by atoms with E-state index in [2.05, 4.69) is 0 Å². The van der Waals surface area contributed by atoms with Crippen LogP contribution in [0, 0.1) is 0 Å². The lowest BCUT2D eigenvalue weighted by atomic mass is 10.0. The van der Waals surface area contributed by atoms with E-state index >= 15 is 0 Å². The molecule has 0 radical (unpaired) electrons. The first kappa shape index (κ1) is 13.6. The molecule has 2 amide bonds. The van der Waals surface area contributed by atoms with E-state index in [9.17, 15) is 15.0 Å². The van der Waals surface area contributed by atoms with Gasteiger partial charge in [0.15, 0.2) is 0 Å². The molecule has 2 rings (SSSR count). The van der Waals surface area contributed by atoms with Gasteiger partial charge >= 0.3 is 6.03 Å². The molecule has 0 aliphatic carbocycles. The third kappa shape index (κ3) is 2.78. The van der Waals surface area contributed by atoms with Crippen LogP contribution in [0.4, 0.5) is 4.79 Å². The zero-order chi connectivity index (χ0) is 13.0. The Kier molecular flexibility index (Phi) is 4.83. The Bertz CT molecular complexity index is 259. The molecule has 0 aromatic heterocycles. The first-order valence-electron chi connectivity index (χ1n) is 7.07. The summed E-state index contributed by atoms with van der Waals surface area (Å²) in [5.41, 5.74) is 0. The molecule has 2 saturated heterocycles. The van der Waals surface area contributed by atoms with Crippen molar-refractivity contribution in [1.82, 2.24) is 9.80 Å². The number of aliphatic hydroxyl groups excluding tert-OH is 2. The monoisotopic (exact) mass is 256 g/mol. The van der Waals surface area contributed by atoms with Gasteiger partial charge in [-0.3, -0.25) is 0 Å². The molecule has 2 N–H and O–H groups in total. The number of carbonyl (C=O) groups excluding carboxylic acids is 1. The standard InChI is InChI=1S/C13H24N2O3/c16-9-11-5-1-3-7-14(11)13(18)15-8-4-2-6-12(15)10-17/h11-12,16-17H,1-10H2. The highest BCUT2D eigenvalue weighted by molar-refractivity contribution is 5.75. The Labute approximate surface area is 108 Å². The molecular formula is C13H24N2O3. The number of amides is 2. The van der Waals surface area contributed by atoms with Gasteiger partial charge in [-0.15, -0.1) is 0 Å². The molecule has 0 bridgehead atoms. The van der Waals surface area contributed by atoms with Crippen molar-refractivity contribution in [1.29, 1.82) is 0 Å². The van der Waals surface area contributed by atoms with Crippen LogP contribution in [-0.2, 0) is 0 Å². The van der Waals surface area contributed by atoms with Gasteiger partial charge in [0, 0.05) is 13.1 Å². The number of aliphatic hydroxyl groups is 2. The summed E-state index contributed by atoms with van der Waals surface area (Å²) in [4.78, 5) is 16.1. The van der Waals surface area contributed by atoms with Gasteiger partial charge in [0.2, 0.25) is 0 Å². The molecule has 2 aliphatic heterocycles.